The van der Waals surface area contributed by atoms with Crippen LogP contribution >= 0.6 is 0 Å². The average molecular weight is 240 g/mol. The quantitative estimate of drug-likeness (QED) is 0.852. The highest BCUT2D eigenvalue weighted by molar-refractivity contribution is 5.35. The topological polar surface area (TPSA) is 20.2 Å². The predicted molar refractivity (Wildman–Crippen MR) is 75.9 cm³/mol. The maximum Gasteiger partial charge on any atom is 0.118 e. The van der Waals surface area contributed by atoms with Gasteiger partial charge in [-0.3, -0.25) is 0 Å². The zero-order chi connectivity index (χ0) is 13.0. The van der Waals surface area contributed by atoms with Crippen LogP contribution in [0.25, 0.3) is 0 Å². The second-order valence-corrected chi connectivity index (χ2v) is 5.12. The van der Waals surface area contributed by atoms with Gasteiger partial charge in [0.05, 0.1) is 0 Å². The second-order valence-electron chi connectivity index (χ2n) is 5.12. The third-order valence-electron chi connectivity index (χ3n) is 3.27. The lowest BCUT2D eigenvalue weighted by Crippen LogP contribution is -2.04. The first-order valence-electron chi connectivity index (χ1n) is 6.47. The Kier molecular flexibility index (Phi) is 4.03. The number of phenols is 1. The van der Waals surface area contributed by atoms with E-state index in [2.05, 4.69) is 43.3 Å². The monoisotopic (exact) mass is 240 g/mol. The highest BCUT2D eigenvalue weighted by Crippen LogP contribution is 2.20. The number of benzene rings is 2. The molecule has 1 heteroatoms. The molecule has 0 heterocycles. The zero-order valence-corrected chi connectivity index (χ0v) is 11.1. The van der Waals surface area contributed by atoms with Crippen LogP contribution in [-0.2, 0) is 12.8 Å². The Morgan fingerprint density at radius 1 is 0.944 bits per heavy atom. The normalized spacial score (nSPS) is 12.3. The van der Waals surface area contributed by atoms with Crippen molar-refractivity contribution in [3.8, 4) is 5.75 Å². The molecule has 0 aromatic heterocycles. The molecule has 0 spiro atoms. The Balaban J connectivity index is 1.99. The first kappa shape index (κ1) is 12.7. The summed E-state index contributed by atoms with van der Waals surface area (Å²) < 4.78 is 0. The van der Waals surface area contributed by atoms with Crippen LogP contribution in [0.15, 0.2) is 48.5 Å². The van der Waals surface area contributed by atoms with E-state index in [0.717, 1.165) is 18.4 Å². The third-order valence-corrected chi connectivity index (χ3v) is 3.27. The Labute approximate surface area is 109 Å². The van der Waals surface area contributed by atoms with Crippen LogP contribution in [0.3, 0.4) is 0 Å². The van der Waals surface area contributed by atoms with Crippen LogP contribution in [0.1, 0.15) is 23.6 Å². The summed E-state index contributed by atoms with van der Waals surface area (Å²) in [6.45, 7) is 4.22. The van der Waals surface area contributed by atoms with Crippen LogP contribution in [0.4, 0.5) is 0 Å². The van der Waals surface area contributed by atoms with Gasteiger partial charge >= 0.3 is 0 Å². The zero-order valence-electron chi connectivity index (χ0n) is 11.1. The highest BCUT2D eigenvalue weighted by atomic mass is 16.3. The first-order chi connectivity index (χ1) is 8.65. The average Bonchev–Trinajstić information content (AvgIpc) is 2.35. The molecule has 1 atom stereocenters. The fourth-order valence-electron chi connectivity index (χ4n) is 2.34. The minimum absolute atomic E-state index is 0.384. The van der Waals surface area contributed by atoms with Gasteiger partial charge in [0.2, 0.25) is 0 Å². The lowest BCUT2D eigenvalue weighted by Gasteiger charge is -2.12. The standard InChI is InChI=1S/C17H20O/c1-13(10-15-6-4-3-5-7-15)11-16-8-9-17(18)14(2)12-16/h3-9,12-13,18H,10-11H2,1-2H3. The molecule has 0 saturated heterocycles. The molecule has 0 radical (unpaired) electrons. The Bertz CT molecular complexity index is 502. The van der Waals surface area contributed by atoms with E-state index in [0.29, 0.717) is 11.7 Å². The maximum atomic E-state index is 9.51. The number of phenolic OH excluding ortho intramolecular Hbond substituents is 1. The summed E-state index contributed by atoms with van der Waals surface area (Å²) in [5.41, 5.74) is 3.65. The SMILES string of the molecule is Cc1cc(CC(C)Cc2ccccc2)ccc1O. The minimum Gasteiger partial charge on any atom is -0.508 e. The lowest BCUT2D eigenvalue weighted by atomic mass is 9.93. The number of aryl methyl sites for hydroxylation is 1. The number of hydrogen-bond acceptors (Lipinski definition) is 1. The Hall–Kier alpha value is -1.76. The van der Waals surface area contributed by atoms with E-state index in [4.69, 9.17) is 0 Å². The molecule has 94 valence electrons. The molecule has 1 nitrogen and oxygen atoms in total. The summed E-state index contributed by atoms with van der Waals surface area (Å²) >= 11 is 0. The van der Waals surface area contributed by atoms with Gasteiger partial charge < -0.3 is 5.11 Å². The molecule has 0 aliphatic heterocycles. The molecule has 1 unspecified atom stereocenters. The van der Waals surface area contributed by atoms with E-state index in [1.54, 1.807) is 6.07 Å². The van der Waals surface area contributed by atoms with Crippen molar-refractivity contribution >= 4 is 0 Å². The molecular formula is C17H20O. The number of hydrogen-bond donors (Lipinski definition) is 1. The fourth-order valence-corrected chi connectivity index (χ4v) is 2.34. The smallest absolute Gasteiger partial charge is 0.118 e. The van der Waals surface area contributed by atoms with E-state index < -0.39 is 0 Å². The van der Waals surface area contributed by atoms with Crippen LogP contribution in [0.2, 0.25) is 0 Å². The van der Waals surface area contributed by atoms with Gasteiger partial charge in [-0.2, -0.15) is 0 Å². The first-order valence-corrected chi connectivity index (χ1v) is 6.47. The maximum absolute atomic E-state index is 9.51. The van der Waals surface area contributed by atoms with Crippen molar-refractivity contribution in [2.24, 2.45) is 5.92 Å². The molecule has 0 fully saturated rings. The summed E-state index contributed by atoms with van der Waals surface area (Å²) in [5, 5.41) is 9.51. The molecule has 18 heavy (non-hydrogen) atoms. The van der Waals surface area contributed by atoms with Crippen LogP contribution < -0.4 is 0 Å². The van der Waals surface area contributed by atoms with Gasteiger partial charge in [-0.05, 0) is 48.4 Å². The summed E-state index contributed by atoms with van der Waals surface area (Å²) in [6.07, 6.45) is 2.15. The minimum atomic E-state index is 0.384. The van der Waals surface area contributed by atoms with Crippen molar-refractivity contribution in [2.75, 3.05) is 0 Å². The summed E-state index contributed by atoms with van der Waals surface area (Å²) in [4.78, 5) is 0. The summed E-state index contributed by atoms with van der Waals surface area (Å²) in [6, 6.07) is 16.5. The van der Waals surface area contributed by atoms with Crippen LogP contribution in [-0.4, -0.2) is 5.11 Å². The summed E-state index contributed by atoms with van der Waals surface area (Å²) in [7, 11) is 0. The lowest BCUT2D eigenvalue weighted by molar-refractivity contribution is 0.470. The van der Waals surface area contributed by atoms with Crippen LogP contribution in [0.5, 0.6) is 5.75 Å². The predicted octanol–water partition coefficient (Wildman–Crippen LogP) is 4.12. The van der Waals surface area contributed by atoms with E-state index in [1.807, 2.05) is 13.0 Å². The third kappa shape index (κ3) is 3.36. The highest BCUT2D eigenvalue weighted by Gasteiger charge is 2.06. The number of aromatic hydroxyl groups is 1. The van der Waals surface area contributed by atoms with Crippen molar-refractivity contribution in [2.45, 2.75) is 26.7 Å². The molecule has 2 rings (SSSR count). The molecule has 0 bridgehead atoms. The molecular weight excluding hydrogens is 220 g/mol. The van der Waals surface area contributed by atoms with Gasteiger partial charge in [-0.25, -0.2) is 0 Å². The van der Waals surface area contributed by atoms with Gasteiger partial charge in [0.15, 0.2) is 0 Å². The molecule has 2 aromatic carbocycles. The molecule has 0 amide bonds. The largest absolute Gasteiger partial charge is 0.508 e. The second kappa shape index (κ2) is 5.72. The van der Waals surface area contributed by atoms with E-state index in [-0.39, 0.29) is 0 Å². The van der Waals surface area contributed by atoms with Gasteiger partial charge in [-0.15, -0.1) is 0 Å². The molecule has 1 N–H and O–H groups in total. The molecule has 0 aliphatic carbocycles. The van der Waals surface area contributed by atoms with Crippen molar-refractivity contribution in [1.82, 2.24) is 0 Å². The van der Waals surface area contributed by atoms with Crippen molar-refractivity contribution in [3.63, 3.8) is 0 Å². The Morgan fingerprint density at radius 3 is 2.28 bits per heavy atom. The van der Waals surface area contributed by atoms with Gasteiger partial charge in [0.1, 0.15) is 5.75 Å². The summed E-state index contributed by atoms with van der Waals surface area (Å²) in [5.74, 6) is 0.991. The number of rotatable bonds is 4. The molecule has 0 aliphatic rings. The Morgan fingerprint density at radius 2 is 1.61 bits per heavy atom. The van der Waals surface area contributed by atoms with Gasteiger partial charge in [0.25, 0.3) is 0 Å². The molecule has 2 aromatic rings. The van der Waals surface area contributed by atoms with Gasteiger partial charge in [-0.1, -0.05) is 49.4 Å². The van der Waals surface area contributed by atoms with Crippen molar-refractivity contribution < 1.29 is 5.11 Å². The van der Waals surface area contributed by atoms with Crippen molar-refractivity contribution in [3.05, 3.63) is 65.2 Å². The van der Waals surface area contributed by atoms with Crippen LogP contribution in [0, 0.1) is 12.8 Å². The molecule has 0 saturated carbocycles. The van der Waals surface area contributed by atoms with E-state index >= 15 is 0 Å². The van der Waals surface area contributed by atoms with E-state index in [9.17, 15) is 5.11 Å². The fraction of sp³-hybridized carbons (Fsp3) is 0.294. The van der Waals surface area contributed by atoms with E-state index in [1.165, 1.54) is 11.1 Å². The van der Waals surface area contributed by atoms with Gasteiger partial charge in [0, 0.05) is 0 Å². The van der Waals surface area contributed by atoms with Crippen molar-refractivity contribution in [1.29, 1.82) is 0 Å².